The maximum absolute atomic E-state index is 11.9. The van der Waals surface area contributed by atoms with Gasteiger partial charge in [-0.1, -0.05) is 0 Å². The number of hydrogen-bond acceptors (Lipinski definition) is 4. The second kappa shape index (κ2) is 6.29. The third kappa shape index (κ3) is 3.64. The highest BCUT2D eigenvalue weighted by molar-refractivity contribution is 5.91. The molecule has 2 heterocycles. The number of pyridine rings is 1. The van der Waals surface area contributed by atoms with Gasteiger partial charge in [-0.25, -0.2) is 0 Å². The van der Waals surface area contributed by atoms with Crippen LogP contribution in [0.2, 0.25) is 0 Å². The lowest BCUT2D eigenvalue weighted by molar-refractivity contribution is -0.115. The van der Waals surface area contributed by atoms with Crippen molar-refractivity contribution in [1.82, 2.24) is 20.1 Å². The van der Waals surface area contributed by atoms with E-state index in [9.17, 15) is 4.79 Å². The van der Waals surface area contributed by atoms with E-state index in [0.717, 1.165) is 11.3 Å². The molecule has 20 heavy (non-hydrogen) atoms. The number of rotatable bonds is 5. The van der Waals surface area contributed by atoms with E-state index in [0.29, 0.717) is 5.82 Å². The highest BCUT2D eigenvalue weighted by Crippen LogP contribution is 2.10. The quantitative estimate of drug-likeness (QED) is 0.864. The van der Waals surface area contributed by atoms with Crippen LogP contribution in [0.25, 0.3) is 0 Å². The number of carbonyl (C=O) groups excluding carboxylic acids is 1. The number of carbonyl (C=O) groups is 1. The van der Waals surface area contributed by atoms with Crippen molar-refractivity contribution in [2.75, 3.05) is 11.9 Å². The van der Waals surface area contributed by atoms with Gasteiger partial charge in [0.2, 0.25) is 5.91 Å². The van der Waals surface area contributed by atoms with Crippen LogP contribution in [0.15, 0.2) is 30.6 Å². The Bertz CT molecular complexity index is 579. The molecule has 106 valence electrons. The average Bonchev–Trinajstić information content (AvgIpc) is 2.75. The maximum Gasteiger partial charge on any atom is 0.239 e. The highest BCUT2D eigenvalue weighted by atomic mass is 16.2. The summed E-state index contributed by atoms with van der Waals surface area (Å²) in [4.78, 5) is 15.9. The standard InChI is InChI=1S/C14H19N5O/c1-10-8-13(19(3)18-10)17-14(20)9-16-11(2)12-4-6-15-7-5-12/h4-8,11,16H,9H2,1-3H3,(H,17,20)/t11-/m0/s1. The van der Waals surface area contributed by atoms with Crippen molar-refractivity contribution in [3.8, 4) is 0 Å². The van der Waals surface area contributed by atoms with E-state index >= 15 is 0 Å². The van der Waals surface area contributed by atoms with E-state index in [1.807, 2.05) is 32.0 Å². The van der Waals surface area contributed by atoms with E-state index < -0.39 is 0 Å². The van der Waals surface area contributed by atoms with Crippen molar-refractivity contribution < 1.29 is 4.79 Å². The topological polar surface area (TPSA) is 71.8 Å². The van der Waals surface area contributed by atoms with Gasteiger partial charge in [-0.15, -0.1) is 0 Å². The third-order valence-electron chi connectivity index (χ3n) is 3.04. The van der Waals surface area contributed by atoms with Gasteiger partial charge in [0.15, 0.2) is 0 Å². The lowest BCUT2D eigenvalue weighted by atomic mass is 10.1. The zero-order valence-electron chi connectivity index (χ0n) is 11.9. The number of amides is 1. The lowest BCUT2D eigenvalue weighted by Crippen LogP contribution is -2.30. The Balaban J connectivity index is 1.85. The Morgan fingerprint density at radius 1 is 1.40 bits per heavy atom. The van der Waals surface area contributed by atoms with Crippen LogP contribution in [-0.2, 0) is 11.8 Å². The van der Waals surface area contributed by atoms with Gasteiger partial charge >= 0.3 is 0 Å². The van der Waals surface area contributed by atoms with E-state index in [4.69, 9.17) is 0 Å². The molecule has 0 saturated heterocycles. The van der Waals surface area contributed by atoms with Gasteiger partial charge in [-0.05, 0) is 31.5 Å². The summed E-state index contributed by atoms with van der Waals surface area (Å²) < 4.78 is 1.65. The van der Waals surface area contributed by atoms with Gasteiger partial charge in [-0.3, -0.25) is 14.5 Å². The summed E-state index contributed by atoms with van der Waals surface area (Å²) in [6.45, 7) is 4.14. The van der Waals surface area contributed by atoms with E-state index in [1.165, 1.54) is 0 Å². The van der Waals surface area contributed by atoms with Crippen LogP contribution in [0.3, 0.4) is 0 Å². The van der Waals surface area contributed by atoms with Gasteiger partial charge in [-0.2, -0.15) is 5.10 Å². The van der Waals surface area contributed by atoms with Crippen LogP contribution >= 0.6 is 0 Å². The number of nitrogens with one attached hydrogen (secondary N) is 2. The Morgan fingerprint density at radius 2 is 2.10 bits per heavy atom. The second-order valence-corrected chi connectivity index (χ2v) is 4.73. The second-order valence-electron chi connectivity index (χ2n) is 4.73. The molecule has 0 spiro atoms. The summed E-state index contributed by atoms with van der Waals surface area (Å²) in [5.41, 5.74) is 1.98. The summed E-state index contributed by atoms with van der Waals surface area (Å²) in [5, 5.41) is 10.2. The van der Waals surface area contributed by atoms with Crippen LogP contribution in [0, 0.1) is 6.92 Å². The first-order valence-electron chi connectivity index (χ1n) is 6.50. The zero-order chi connectivity index (χ0) is 14.5. The Kier molecular flexibility index (Phi) is 4.47. The summed E-state index contributed by atoms with van der Waals surface area (Å²) in [7, 11) is 1.80. The van der Waals surface area contributed by atoms with Gasteiger partial charge in [0.1, 0.15) is 5.82 Å². The van der Waals surface area contributed by atoms with Gasteiger partial charge < -0.3 is 10.6 Å². The minimum absolute atomic E-state index is 0.0890. The molecule has 0 saturated carbocycles. The first-order valence-corrected chi connectivity index (χ1v) is 6.50. The minimum atomic E-state index is -0.0890. The molecule has 6 heteroatoms. The minimum Gasteiger partial charge on any atom is -0.310 e. The van der Waals surface area contributed by atoms with E-state index in [2.05, 4.69) is 20.7 Å². The predicted molar refractivity (Wildman–Crippen MR) is 77.2 cm³/mol. The molecule has 0 radical (unpaired) electrons. The molecule has 2 aromatic heterocycles. The molecule has 6 nitrogen and oxygen atoms in total. The van der Waals surface area contributed by atoms with Crippen molar-refractivity contribution in [3.63, 3.8) is 0 Å². The number of hydrogen-bond donors (Lipinski definition) is 2. The van der Waals surface area contributed by atoms with Crippen molar-refractivity contribution in [1.29, 1.82) is 0 Å². The summed E-state index contributed by atoms with van der Waals surface area (Å²) in [6, 6.07) is 5.79. The summed E-state index contributed by atoms with van der Waals surface area (Å²) in [5.74, 6) is 0.611. The van der Waals surface area contributed by atoms with Crippen LogP contribution in [0.4, 0.5) is 5.82 Å². The fourth-order valence-corrected chi connectivity index (χ4v) is 1.93. The van der Waals surface area contributed by atoms with Crippen LogP contribution in [-0.4, -0.2) is 27.2 Å². The fraction of sp³-hybridized carbons (Fsp3) is 0.357. The largest absolute Gasteiger partial charge is 0.310 e. The predicted octanol–water partition coefficient (Wildman–Crippen LogP) is 1.41. The molecule has 0 aliphatic rings. The maximum atomic E-state index is 11.9. The van der Waals surface area contributed by atoms with E-state index in [1.54, 1.807) is 24.1 Å². The highest BCUT2D eigenvalue weighted by Gasteiger charge is 2.09. The number of aryl methyl sites for hydroxylation is 2. The molecule has 2 rings (SSSR count). The Labute approximate surface area is 118 Å². The molecular weight excluding hydrogens is 254 g/mol. The Hall–Kier alpha value is -2.21. The zero-order valence-corrected chi connectivity index (χ0v) is 11.9. The normalized spacial score (nSPS) is 12.2. The number of anilines is 1. The smallest absolute Gasteiger partial charge is 0.239 e. The van der Waals surface area contributed by atoms with Crippen LogP contribution in [0.5, 0.6) is 0 Å². The molecule has 0 aromatic carbocycles. The summed E-state index contributed by atoms with van der Waals surface area (Å²) >= 11 is 0. The molecule has 1 atom stereocenters. The molecule has 2 N–H and O–H groups in total. The van der Waals surface area contributed by atoms with Crippen LogP contribution < -0.4 is 10.6 Å². The molecule has 0 aliphatic carbocycles. The SMILES string of the molecule is Cc1cc(NC(=O)CN[C@@H](C)c2ccncc2)n(C)n1. The van der Waals surface area contributed by atoms with E-state index in [-0.39, 0.29) is 18.5 Å². The molecule has 0 unspecified atom stereocenters. The van der Waals surface area contributed by atoms with Crippen molar-refractivity contribution >= 4 is 11.7 Å². The number of nitrogens with zero attached hydrogens (tertiary/aromatic N) is 3. The molecule has 0 fully saturated rings. The monoisotopic (exact) mass is 273 g/mol. The van der Waals surface area contributed by atoms with Crippen molar-refractivity contribution in [2.24, 2.45) is 7.05 Å². The molecule has 0 aliphatic heterocycles. The van der Waals surface area contributed by atoms with Crippen molar-refractivity contribution in [2.45, 2.75) is 19.9 Å². The Morgan fingerprint density at radius 3 is 2.70 bits per heavy atom. The summed E-state index contributed by atoms with van der Waals surface area (Å²) in [6.07, 6.45) is 3.48. The first kappa shape index (κ1) is 14.2. The van der Waals surface area contributed by atoms with Gasteiger partial charge in [0.25, 0.3) is 0 Å². The van der Waals surface area contributed by atoms with Gasteiger partial charge in [0, 0.05) is 31.5 Å². The molecule has 1 amide bonds. The third-order valence-corrected chi connectivity index (χ3v) is 3.04. The number of aromatic nitrogens is 3. The van der Waals surface area contributed by atoms with Crippen molar-refractivity contribution in [3.05, 3.63) is 41.9 Å². The van der Waals surface area contributed by atoms with Crippen LogP contribution in [0.1, 0.15) is 24.2 Å². The molecular formula is C14H19N5O. The van der Waals surface area contributed by atoms with Gasteiger partial charge in [0.05, 0.1) is 12.2 Å². The molecule has 0 bridgehead atoms. The molecule has 2 aromatic rings. The first-order chi connectivity index (χ1) is 9.56. The fourth-order valence-electron chi connectivity index (χ4n) is 1.93. The lowest BCUT2D eigenvalue weighted by Gasteiger charge is -2.13. The average molecular weight is 273 g/mol.